The van der Waals surface area contributed by atoms with Crippen molar-refractivity contribution in [2.24, 2.45) is 0 Å². The molecule has 5 heteroatoms. The number of nitrogens with zero attached hydrogens (tertiary/aromatic N) is 3. The van der Waals surface area contributed by atoms with Crippen LogP contribution in [0.1, 0.15) is 5.56 Å². The van der Waals surface area contributed by atoms with Crippen molar-refractivity contribution in [2.45, 2.75) is 6.61 Å². The van der Waals surface area contributed by atoms with Gasteiger partial charge in [-0.15, -0.1) is 0 Å². The summed E-state index contributed by atoms with van der Waals surface area (Å²) >= 11 is 0. The van der Waals surface area contributed by atoms with Crippen LogP contribution in [0.2, 0.25) is 0 Å². The van der Waals surface area contributed by atoms with Crippen molar-refractivity contribution < 1.29 is 9.50 Å². The summed E-state index contributed by atoms with van der Waals surface area (Å²) in [5, 5.41) is 9.39. The van der Waals surface area contributed by atoms with Gasteiger partial charge < -0.3 is 14.9 Å². The van der Waals surface area contributed by atoms with Gasteiger partial charge in [0.15, 0.2) is 0 Å². The number of rotatable bonds is 3. The highest BCUT2D eigenvalue weighted by Crippen LogP contribution is 2.26. The number of hydrogen-bond acceptors (Lipinski definition) is 4. The molecule has 0 aliphatic carbocycles. The van der Waals surface area contributed by atoms with E-state index in [1.54, 1.807) is 18.3 Å². The van der Waals surface area contributed by atoms with Gasteiger partial charge in [0.1, 0.15) is 11.6 Å². The van der Waals surface area contributed by atoms with Crippen molar-refractivity contribution in [3.05, 3.63) is 54.0 Å². The maximum Gasteiger partial charge on any atom is 0.146 e. The van der Waals surface area contributed by atoms with Crippen molar-refractivity contribution in [3.8, 4) is 0 Å². The van der Waals surface area contributed by atoms with E-state index < -0.39 is 0 Å². The van der Waals surface area contributed by atoms with Crippen LogP contribution in [0.15, 0.2) is 42.6 Å². The molecule has 110 valence electrons. The maximum atomic E-state index is 14.1. The first-order valence-corrected chi connectivity index (χ1v) is 7.09. The quantitative estimate of drug-likeness (QED) is 0.938. The lowest BCUT2D eigenvalue weighted by atomic mass is 10.1. The topological polar surface area (TPSA) is 39.6 Å². The number of aliphatic hydroxyl groups excluding tert-OH is 1. The Morgan fingerprint density at radius 3 is 2.43 bits per heavy atom. The summed E-state index contributed by atoms with van der Waals surface area (Å²) in [7, 11) is 0. The van der Waals surface area contributed by atoms with Crippen molar-refractivity contribution >= 4 is 11.5 Å². The average Bonchev–Trinajstić information content (AvgIpc) is 2.55. The lowest BCUT2D eigenvalue weighted by Crippen LogP contribution is -2.47. The van der Waals surface area contributed by atoms with E-state index in [4.69, 9.17) is 0 Å². The molecule has 4 nitrogen and oxygen atoms in total. The van der Waals surface area contributed by atoms with Crippen LogP contribution in [0.3, 0.4) is 0 Å². The zero-order chi connectivity index (χ0) is 14.7. The molecule has 21 heavy (non-hydrogen) atoms. The third-order valence-electron chi connectivity index (χ3n) is 3.81. The summed E-state index contributed by atoms with van der Waals surface area (Å²) in [6, 6.07) is 10.7. The Balaban J connectivity index is 1.75. The number of para-hydroxylation sites is 1. The number of aromatic nitrogens is 1. The molecule has 0 unspecified atom stereocenters. The number of aliphatic hydroxyl groups is 1. The van der Waals surface area contributed by atoms with Crippen LogP contribution >= 0.6 is 0 Å². The first kappa shape index (κ1) is 13.8. The summed E-state index contributed by atoms with van der Waals surface area (Å²) in [5.74, 6) is 0.681. The fourth-order valence-electron chi connectivity index (χ4n) is 2.74. The number of pyridine rings is 1. The van der Waals surface area contributed by atoms with E-state index in [-0.39, 0.29) is 12.4 Å². The molecule has 0 amide bonds. The maximum absolute atomic E-state index is 14.1. The highest BCUT2D eigenvalue weighted by molar-refractivity contribution is 5.56. The van der Waals surface area contributed by atoms with Gasteiger partial charge in [-0.25, -0.2) is 9.37 Å². The van der Waals surface area contributed by atoms with Gasteiger partial charge >= 0.3 is 0 Å². The van der Waals surface area contributed by atoms with E-state index in [1.807, 2.05) is 23.1 Å². The SMILES string of the molecule is OCc1cccc(F)c1N1CCN(c2ccccn2)CC1. The van der Waals surface area contributed by atoms with Gasteiger partial charge in [0.25, 0.3) is 0 Å². The fraction of sp³-hybridized carbons (Fsp3) is 0.312. The van der Waals surface area contributed by atoms with Crippen molar-refractivity contribution in [1.29, 1.82) is 0 Å². The molecule has 0 radical (unpaired) electrons. The summed E-state index contributed by atoms with van der Waals surface area (Å²) in [6.07, 6.45) is 1.78. The van der Waals surface area contributed by atoms with Gasteiger partial charge in [-0.3, -0.25) is 0 Å². The van der Waals surface area contributed by atoms with Gasteiger partial charge in [0.2, 0.25) is 0 Å². The molecule has 1 aliphatic heterocycles. The molecule has 1 aliphatic rings. The van der Waals surface area contributed by atoms with Crippen molar-refractivity contribution in [1.82, 2.24) is 4.98 Å². The van der Waals surface area contributed by atoms with Gasteiger partial charge in [-0.1, -0.05) is 18.2 Å². The molecule has 1 aromatic carbocycles. The Morgan fingerprint density at radius 2 is 1.76 bits per heavy atom. The van der Waals surface area contributed by atoms with E-state index in [9.17, 15) is 9.50 Å². The van der Waals surface area contributed by atoms with Gasteiger partial charge in [-0.2, -0.15) is 0 Å². The predicted molar refractivity (Wildman–Crippen MR) is 81.0 cm³/mol. The molecular weight excluding hydrogens is 269 g/mol. The van der Waals surface area contributed by atoms with E-state index in [0.29, 0.717) is 24.3 Å². The lowest BCUT2D eigenvalue weighted by molar-refractivity contribution is 0.281. The summed E-state index contributed by atoms with van der Waals surface area (Å²) in [4.78, 5) is 8.54. The van der Waals surface area contributed by atoms with Crippen LogP contribution in [0.4, 0.5) is 15.9 Å². The Labute approximate surface area is 123 Å². The number of piperazine rings is 1. The number of anilines is 2. The Morgan fingerprint density at radius 1 is 1.00 bits per heavy atom. The van der Waals surface area contributed by atoms with Crippen molar-refractivity contribution in [2.75, 3.05) is 36.0 Å². The molecule has 0 atom stereocenters. The first-order valence-electron chi connectivity index (χ1n) is 7.09. The average molecular weight is 287 g/mol. The fourth-order valence-corrected chi connectivity index (χ4v) is 2.74. The standard InChI is InChI=1S/C16H18FN3O/c17-14-5-3-4-13(12-21)16(14)20-10-8-19(9-11-20)15-6-1-2-7-18-15/h1-7,21H,8-12H2. The van der Waals surface area contributed by atoms with Crippen LogP contribution in [0.25, 0.3) is 0 Å². The van der Waals surface area contributed by atoms with E-state index in [0.717, 1.165) is 18.9 Å². The zero-order valence-corrected chi connectivity index (χ0v) is 11.7. The van der Waals surface area contributed by atoms with E-state index in [1.165, 1.54) is 6.07 Å². The summed E-state index contributed by atoms with van der Waals surface area (Å²) in [6.45, 7) is 2.86. The van der Waals surface area contributed by atoms with Crippen LogP contribution in [-0.2, 0) is 6.61 Å². The van der Waals surface area contributed by atoms with Gasteiger partial charge in [0, 0.05) is 37.9 Å². The van der Waals surface area contributed by atoms with E-state index >= 15 is 0 Å². The second-order valence-corrected chi connectivity index (χ2v) is 5.07. The Bertz CT molecular complexity index is 598. The van der Waals surface area contributed by atoms with Crippen molar-refractivity contribution in [3.63, 3.8) is 0 Å². The smallest absolute Gasteiger partial charge is 0.146 e. The molecule has 2 aromatic rings. The van der Waals surface area contributed by atoms with Crippen LogP contribution < -0.4 is 9.80 Å². The Kier molecular flexibility index (Phi) is 4.01. The normalized spacial score (nSPS) is 15.3. The monoisotopic (exact) mass is 287 g/mol. The highest BCUT2D eigenvalue weighted by Gasteiger charge is 2.22. The van der Waals surface area contributed by atoms with Crippen LogP contribution in [0.5, 0.6) is 0 Å². The number of benzene rings is 1. The molecule has 0 spiro atoms. The largest absolute Gasteiger partial charge is 0.392 e. The third-order valence-corrected chi connectivity index (χ3v) is 3.81. The van der Waals surface area contributed by atoms with Gasteiger partial charge in [0.05, 0.1) is 12.3 Å². The minimum absolute atomic E-state index is 0.145. The molecule has 1 N–H and O–H groups in total. The first-order chi connectivity index (χ1) is 10.3. The zero-order valence-electron chi connectivity index (χ0n) is 11.7. The molecule has 1 aromatic heterocycles. The predicted octanol–water partition coefficient (Wildman–Crippen LogP) is 2.04. The highest BCUT2D eigenvalue weighted by atomic mass is 19.1. The van der Waals surface area contributed by atoms with Gasteiger partial charge in [-0.05, 0) is 18.2 Å². The molecular formula is C16H18FN3O. The molecule has 2 heterocycles. The minimum atomic E-state index is -0.271. The molecule has 1 saturated heterocycles. The number of hydrogen-bond donors (Lipinski definition) is 1. The number of halogens is 1. The lowest BCUT2D eigenvalue weighted by Gasteiger charge is -2.37. The third kappa shape index (κ3) is 2.83. The van der Waals surface area contributed by atoms with Crippen LogP contribution in [-0.4, -0.2) is 36.3 Å². The summed E-state index contributed by atoms with van der Waals surface area (Å²) < 4.78 is 14.1. The molecule has 0 bridgehead atoms. The summed E-state index contributed by atoms with van der Waals surface area (Å²) in [5.41, 5.74) is 1.17. The Hall–Kier alpha value is -2.14. The van der Waals surface area contributed by atoms with Crippen LogP contribution in [0, 0.1) is 5.82 Å². The molecule has 0 saturated carbocycles. The molecule has 1 fully saturated rings. The minimum Gasteiger partial charge on any atom is -0.392 e. The van der Waals surface area contributed by atoms with E-state index in [2.05, 4.69) is 9.88 Å². The second-order valence-electron chi connectivity index (χ2n) is 5.07. The second kappa shape index (κ2) is 6.10. The molecule has 3 rings (SSSR count).